The number of carboxylic acids is 1. The summed E-state index contributed by atoms with van der Waals surface area (Å²) < 4.78 is 6.72. The van der Waals surface area contributed by atoms with Crippen LogP contribution >= 0.6 is 0 Å². The van der Waals surface area contributed by atoms with Gasteiger partial charge in [0.05, 0.1) is 18.4 Å². The number of hydrogen-bond donors (Lipinski definition) is 2. The first kappa shape index (κ1) is 16.4. The first-order valence-electron chi connectivity index (χ1n) is 7.85. The molecule has 4 rings (SSSR count). The standard InChI is InChI=1S/C17H12N6O4/c24-16(17(25)26)18-8-14-21-15(22-27-14)11-4-1-3-10(7-11)12-9-23-13(20-12)5-2-6-19-23/h1-7,9H,8H2,(H,18,24)(H,25,26). The largest absolute Gasteiger partial charge is 0.474 e. The molecule has 0 spiro atoms. The van der Waals surface area contributed by atoms with Crippen molar-refractivity contribution in [1.82, 2.24) is 30.1 Å². The van der Waals surface area contributed by atoms with Crippen LogP contribution in [0.5, 0.6) is 0 Å². The number of rotatable bonds is 4. The number of fused-ring (bicyclic) bond motifs is 1. The second-order valence-corrected chi connectivity index (χ2v) is 5.53. The van der Waals surface area contributed by atoms with Crippen molar-refractivity contribution in [2.24, 2.45) is 0 Å². The minimum Gasteiger partial charge on any atom is -0.474 e. The Balaban J connectivity index is 1.57. The highest BCUT2D eigenvalue weighted by atomic mass is 16.5. The minimum absolute atomic E-state index is 0.0990. The molecule has 0 atom stereocenters. The van der Waals surface area contributed by atoms with Gasteiger partial charge in [-0.15, -0.1) is 0 Å². The molecule has 0 aliphatic carbocycles. The van der Waals surface area contributed by atoms with E-state index in [1.807, 2.05) is 42.6 Å². The van der Waals surface area contributed by atoms with E-state index in [0.29, 0.717) is 11.4 Å². The van der Waals surface area contributed by atoms with Crippen molar-refractivity contribution in [3.63, 3.8) is 0 Å². The van der Waals surface area contributed by atoms with Gasteiger partial charge in [-0.2, -0.15) is 10.1 Å². The van der Waals surface area contributed by atoms with Gasteiger partial charge >= 0.3 is 11.9 Å². The minimum atomic E-state index is -1.58. The summed E-state index contributed by atoms with van der Waals surface area (Å²) in [6.45, 7) is -0.171. The predicted octanol–water partition coefficient (Wildman–Crippen LogP) is 1.15. The fourth-order valence-corrected chi connectivity index (χ4v) is 2.46. The van der Waals surface area contributed by atoms with Gasteiger partial charge < -0.3 is 14.9 Å². The van der Waals surface area contributed by atoms with E-state index in [2.05, 4.69) is 25.5 Å². The third kappa shape index (κ3) is 3.35. The lowest BCUT2D eigenvalue weighted by Crippen LogP contribution is -2.30. The zero-order valence-electron chi connectivity index (χ0n) is 13.7. The number of aromatic nitrogens is 5. The van der Waals surface area contributed by atoms with E-state index in [9.17, 15) is 9.59 Å². The number of aliphatic carboxylic acids is 1. The molecule has 10 nitrogen and oxygen atoms in total. The summed E-state index contributed by atoms with van der Waals surface area (Å²) in [5.74, 6) is -2.30. The zero-order chi connectivity index (χ0) is 18.8. The molecule has 0 radical (unpaired) electrons. The molecular formula is C17H12N6O4. The summed E-state index contributed by atoms with van der Waals surface area (Å²) in [5.41, 5.74) is 3.02. The highest BCUT2D eigenvalue weighted by Crippen LogP contribution is 2.24. The van der Waals surface area contributed by atoms with Crippen LogP contribution in [0.2, 0.25) is 0 Å². The molecule has 0 fully saturated rings. The lowest BCUT2D eigenvalue weighted by atomic mass is 10.1. The van der Waals surface area contributed by atoms with Crippen LogP contribution in [0.4, 0.5) is 0 Å². The van der Waals surface area contributed by atoms with Crippen molar-refractivity contribution in [1.29, 1.82) is 0 Å². The summed E-state index contributed by atoms with van der Waals surface area (Å²) in [7, 11) is 0. The van der Waals surface area contributed by atoms with Crippen molar-refractivity contribution in [3.05, 3.63) is 54.7 Å². The van der Waals surface area contributed by atoms with Gasteiger partial charge in [0.1, 0.15) is 0 Å². The Morgan fingerprint density at radius 1 is 1.15 bits per heavy atom. The Hall–Kier alpha value is -4.08. The summed E-state index contributed by atoms with van der Waals surface area (Å²) in [5, 5.41) is 18.8. The number of amides is 1. The second kappa shape index (κ2) is 6.67. The molecular weight excluding hydrogens is 352 g/mol. The summed E-state index contributed by atoms with van der Waals surface area (Å²) in [6, 6.07) is 11.1. The third-order valence-electron chi connectivity index (χ3n) is 3.72. The molecule has 0 bridgehead atoms. The number of carbonyl (C=O) groups is 2. The maximum atomic E-state index is 11.1. The lowest BCUT2D eigenvalue weighted by Gasteiger charge is -1.99. The zero-order valence-corrected chi connectivity index (χ0v) is 13.7. The molecule has 3 aromatic heterocycles. The van der Waals surface area contributed by atoms with E-state index in [1.165, 1.54) is 0 Å². The average molecular weight is 364 g/mol. The van der Waals surface area contributed by atoms with Crippen LogP contribution in [0.15, 0.2) is 53.3 Å². The molecule has 134 valence electrons. The maximum absolute atomic E-state index is 11.1. The lowest BCUT2D eigenvalue weighted by molar-refractivity contribution is -0.150. The van der Waals surface area contributed by atoms with E-state index in [0.717, 1.165) is 16.9 Å². The topological polar surface area (TPSA) is 136 Å². The summed E-state index contributed by atoms with van der Waals surface area (Å²) >= 11 is 0. The normalized spacial score (nSPS) is 10.8. The summed E-state index contributed by atoms with van der Waals surface area (Å²) in [4.78, 5) is 30.2. The molecule has 0 saturated heterocycles. The molecule has 0 aliphatic heterocycles. The fraction of sp³-hybridized carbons (Fsp3) is 0.0588. The Bertz CT molecular complexity index is 1120. The van der Waals surface area contributed by atoms with Gasteiger partial charge in [0, 0.05) is 17.3 Å². The first-order valence-corrected chi connectivity index (χ1v) is 7.85. The highest BCUT2D eigenvalue weighted by molar-refractivity contribution is 6.31. The Morgan fingerprint density at radius 2 is 2.00 bits per heavy atom. The highest BCUT2D eigenvalue weighted by Gasteiger charge is 2.14. The Morgan fingerprint density at radius 3 is 2.81 bits per heavy atom. The molecule has 27 heavy (non-hydrogen) atoms. The van der Waals surface area contributed by atoms with Gasteiger partial charge in [-0.3, -0.25) is 4.79 Å². The number of nitrogens with one attached hydrogen (secondary N) is 1. The van der Waals surface area contributed by atoms with Crippen molar-refractivity contribution >= 4 is 17.5 Å². The van der Waals surface area contributed by atoms with Crippen LogP contribution in [0.3, 0.4) is 0 Å². The van der Waals surface area contributed by atoms with Gasteiger partial charge in [0.25, 0.3) is 0 Å². The monoisotopic (exact) mass is 364 g/mol. The van der Waals surface area contributed by atoms with Crippen LogP contribution in [0, 0.1) is 0 Å². The molecule has 0 saturated carbocycles. The average Bonchev–Trinajstić information content (AvgIpc) is 3.33. The molecule has 0 unspecified atom stereocenters. The Labute approximate surface area is 151 Å². The molecule has 1 amide bonds. The van der Waals surface area contributed by atoms with Gasteiger partial charge in [-0.25, -0.2) is 14.3 Å². The number of benzene rings is 1. The van der Waals surface area contributed by atoms with Crippen LogP contribution in [0.25, 0.3) is 28.3 Å². The summed E-state index contributed by atoms with van der Waals surface area (Å²) in [6.07, 6.45) is 3.50. The van der Waals surface area contributed by atoms with Crippen LogP contribution in [0.1, 0.15) is 5.89 Å². The van der Waals surface area contributed by atoms with Gasteiger partial charge in [-0.05, 0) is 18.2 Å². The number of imidazole rings is 1. The quantitative estimate of drug-likeness (QED) is 0.515. The number of carboxylic acid groups (broad SMARTS) is 1. The van der Waals surface area contributed by atoms with Crippen LogP contribution < -0.4 is 5.32 Å². The van der Waals surface area contributed by atoms with Crippen molar-refractivity contribution < 1.29 is 19.2 Å². The van der Waals surface area contributed by atoms with E-state index < -0.39 is 11.9 Å². The van der Waals surface area contributed by atoms with Gasteiger partial charge in [-0.1, -0.05) is 23.4 Å². The van der Waals surface area contributed by atoms with Crippen molar-refractivity contribution in [3.8, 4) is 22.6 Å². The predicted molar refractivity (Wildman–Crippen MR) is 91.2 cm³/mol. The molecule has 4 aromatic rings. The molecule has 10 heteroatoms. The number of hydrogen-bond acceptors (Lipinski definition) is 7. The molecule has 3 heterocycles. The number of carbonyl (C=O) groups excluding carboxylic acids is 1. The third-order valence-corrected chi connectivity index (χ3v) is 3.72. The SMILES string of the molecule is O=C(O)C(=O)NCc1nc(-c2cccc(-c3cn4ncccc4n3)c2)no1. The van der Waals surface area contributed by atoms with E-state index in [-0.39, 0.29) is 12.4 Å². The van der Waals surface area contributed by atoms with E-state index in [1.54, 1.807) is 10.7 Å². The second-order valence-electron chi connectivity index (χ2n) is 5.53. The maximum Gasteiger partial charge on any atom is 0.394 e. The van der Waals surface area contributed by atoms with E-state index in [4.69, 9.17) is 9.63 Å². The molecule has 2 N–H and O–H groups in total. The van der Waals surface area contributed by atoms with Crippen LogP contribution in [-0.4, -0.2) is 41.7 Å². The van der Waals surface area contributed by atoms with Gasteiger partial charge in [0.2, 0.25) is 11.7 Å². The number of nitrogens with zero attached hydrogens (tertiary/aromatic N) is 5. The Kier molecular flexibility index (Phi) is 4.05. The first-order chi connectivity index (χ1) is 13.1. The van der Waals surface area contributed by atoms with Crippen LogP contribution in [-0.2, 0) is 16.1 Å². The van der Waals surface area contributed by atoms with Crippen molar-refractivity contribution in [2.45, 2.75) is 6.54 Å². The molecule has 0 aliphatic rings. The van der Waals surface area contributed by atoms with E-state index >= 15 is 0 Å². The fourth-order valence-electron chi connectivity index (χ4n) is 2.46. The smallest absolute Gasteiger partial charge is 0.394 e. The van der Waals surface area contributed by atoms with Crippen molar-refractivity contribution in [2.75, 3.05) is 0 Å². The van der Waals surface area contributed by atoms with Gasteiger partial charge in [0.15, 0.2) is 5.65 Å². The molecule has 1 aromatic carbocycles.